The molecule has 3 atom stereocenters. The molecule has 0 N–H and O–H groups in total. The first-order valence-electron chi connectivity index (χ1n) is 8.52. The summed E-state index contributed by atoms with van der Waals surface area (Å²) in [6.45, 7) is 1.81. The van der Waals surface area contributed by atoms with Gasteiger partial charge < -0.3 is 0 Å². The van der Waals surface area contributed by atoms with Crippen molar-refractivity contribution in [2.45, 2.75) is 30.2 Å². The Morgan fingerprint density at radius 1 is 0.880 bits per heavy atom. The van der Waals surface area contributed by atoms with Gasteiger partial charge in [-0.2, -0.15) is 4.31 Å². The van der Waals surface area contributed by atoms with Crippen LogP contribution in [0.25, 0.3) is 0 Å². The lowest BCUT2D eigenvalue weighted by molar-refractivity contribution is 0.513. The first kappa shape index (κ1) is 16.3. The standard InChI is InChI=1S/C21H21NO2S/c1-21(15-9-4-10-16-21)25(23,24)22-19(17-11-5-2-6-12-17)20(22)18-13-7-3-8-14-18/h2-15,19-20H,16H2,1H3. The van der Waals surface area contributed by atoms with Crippen LogP contribution in [0.5, 0.6) is 0 Å². The maximum atomic E-state index is 13.5. The molecule has 3 nitrogen and oxygen atoms in total. The summed E-state index contributed by atoms with van der Waals surface area (Å²) in [5.74, 6) is 0. The first-order chi connectivity index (χ1) is 12.0. The van der Waals surface area contributed by atoms with Crippen molar-refractivity contribution in [3.05, 3.63) is 96.1 Å². The third-order valence-corrected chi connectivity index (χ3v) is 7.62. The molecule has 1 fully saturated rings. The zero-order chi connectivity index (χ0) is 17.5. The van der Waals surface area contributed by atoms with Crippen LogP contribution in [0.3, 0.4) is 0 Å². The molecule has 0 radical (unpaired) electrons. The Labute approximate surface area is 149 Å². The van der Waals surface area contributed by atoms with Crippen LogP contribution in [0.4, 0.5) is 0 Å². The van der Waals surface area contributed by atoms with Crippen LogP contribution < -0.4 is 0 Å². The highest BCUT2D eigenvalue weighted by Gasteiger charge is 2.60. The van der Waals surface area contributed by atoms with E-state index >= 15 is 0 Å². The second kappa shape index (κ2) is 5.97. The molecular weight excluding hydrogens is 330 g/mol. The van der Waals surface area contributed by atoms with E-state index in [9.17, 15) is 8.42 Å². The van der Waals surface area contributed by atoms with Crippen molar-refractivity contribution in [1.29, 1.82) is 0 Å². The van der Waals surface area contributed by atoms with Gasteiger partial charge >= 0.3 is 0 Å². The summed E-state index contributed by atoms with van der Waals surface area (Å²) in [4.78, 5) is 0. The van der Waals surface area contributed by atoms with Crippen molar-refractivity contribution in [3.63, 3.8) is 0 Å². The van der Waals surface area contributed by atoms with Crippen LogP contribution in [0, 0.1) is 0 Å². The van der Waals surface area contributed by atoms with Gasteiger partial charge in [0.15, 0.2) is 0 Å². The molecule has 2 aliphatic rings. The zero-order valence-corrected chi connectivity index (χ0v) is 14.9. The molecule has 25 heavy (non-hydrogen) atoms. The molecule has 3 unspecified atom stereocenters. The molecule has 1 aliphatic heterocycles. The highest BCUT2D eigenvalue weighted by Crippen LogP contribution is 2.58. The largest absolute Gasteiger partial charge is 0.224 e. The summed E-state index contributed by atoms with van der Waals surface area (Å²) in [7, 11) is -3.49. The van der Waals surface area contributed by atoms with E-state index < -0.39 is 14.8 Å². The Balaban J connectivity index is 1.76. The molecule has 0 spiro atoms. The van der Waals surface area contributed by atoms with Crippen molar-refractivity contribution in [2.75, 3.05) is 0 Å². The summed E-state index contributed by atoms with van der Waals surface area (Å²) >= 11 is 0. The minimum absolute atomic E-state index is 0.135. The highest BCUT2D eigenvalue weighted by atomic mass is 32.2. The maximum Gasteiger partial charge on any atom is 0.224 e. The van der Waals surface area contributed by atoms with Crippen molar-refractivity contribution >= 4 is 10.0 Å². The van der Waals surface area contributed by atoms with Gasteiger partial charge in [0.05, 0.1) is 12.1 Å². The third kappa shape index (κ3) is 2.66. The number of hydrogen-bond acceptors (Lipinski definition) is 2. The Kier molecular flexibility index (Phi) is 3.89. The Morgan fingerprint density at radius 2 is 1.40 bits per heavy atom. The van der Waals surface area contributed by atoms with Gasteiger partial charge in [0.25, 0.3) is 0 Å². The normalized spacial score (nSPS) is 31.0. The van der Waals surface area contributed by atoms with E-state index in [1.165, 1.54) is 0 Å². The van der Waals surface area contributed by atoms with E-state index in [-0.39, 0.29) is 12.1 Å². The molecule has 128 valence electrons. The van der Waals surface area contributed by atoms with Gasteiger partial charge in [0, 0.05) is 0 Å². The fraction of sp³-hybridized carbons (Fsp3) is 0.238. The van der Waals surface area contributed by atoms with Crippen LogP contribution in [0.2, 0.25) is 0 Å². The van der Waals surface area contributed by atoms with Gasteiger partial charge in [-0.05, 0) is 24.5 Å². The number of benzene rings is 2. The lowest BCUT2D eigenvalue weighted by Crippen LogP contribution is -2.38. The molecule has 0 saturated carbocycles. The smallest absolute Gasteiger partial charge is 0.211 e. The second-order valence-corrected chi connectivity index (χ2v) is 9.15. The number of rotatable bonds is 4. The molecule has 2 aromatic rings. The van der Waals surface area contributed by atoms with Crippen molar-refractivity contribution in [3.8, 4) is 0 Å². The molecule has 0 bridgehead atoms. The van der Waals surface area contributed by atoms with Crippen molar-refractivity contribution in [1.82, 2.24) is 4.31 Å². The van der Waals surface area contributed by atoms with E-state index in [4.69, 9.17) is 0 Å². The van der Waals surface area contributed by atoms with Gasteiger partial charge in [-0.15, -0.1) is 0 Å². The maximum absolute atomic E-state index is 13.5. The molecular formula is C21H21NO2S. The molecule has 0 aromatic heterocycles. The van der Waals surface area contributed by atoms with Crippen LogP contribution in [0.1, 0.15) is 36.6 Å². The van der Waals surface area contributed by atoms with Crippen LogP contribution >= 0.6 is 0 Å². The fourth-order valence-electron chi connectivity index (χ4n) is 3.61. The van der Waals surface area contributed by atoms with E-state index in [0.717, 1.165) is 11.1 Å². The van der Waals surface area contributed by atoms with Gasteiger partial charge in [-0.25, -0.2) is 8.42 Å². The summed E-state index contributed by atoms with van der Waals surface area (Å²) in [5.41, 5.74) is 2.08. The monoisotopic (exact) mass is 351 g/mol. The number of sulfonamides is 1. The molecule has 4 rings (SSSR count). The average molecular weight is 351 g/mol. The molecule has 1 aliphatic carbocycles. The second-order valence-electron chi connectivity index (χ2n) is 6.85. The minimum atomic E-state index is -3.49. The summed E-state index contributed by atoms with van der Waals surface area (Å²) in [6.07, 6.45) is 7.98. The predicted octanol–water partition coefficient (Wildman–Crippen LogP) is 4.39. The molecule has 4 heteroatoms. The lowest BCUT2D eigenvalue weighted by atomic mass is 10.0. The fourth-order valence-corrected chi connectivity index (χ4v) is 5.67. The Hall–Kier alpha value is -2.17. The van der Waals surface area contributed by atoms with Crippen LogP contribution in [-0.4, -0.2) is 17.5 Å². The van der Waals surface area contributed by atoms with E-state index in [1.807, 2.05) is 91.9 Å². The summed E-state index contributed by atoms with van der Waals surface area (Å²) < 4.78 is 27.7. The Morgan fingerprint density at radius 3 is 1.84 bits per heavy atom. The average Bonchev–Trinajstić information content (AvgIpc) is 3.40. The topological polar surface area (TPSA) is 37.1 Å². The van der Waals surface area contributed by atoms with E-state index in [2.05, 4.69) is 0 Å². The number of nitrogens with zero attached hydrogens (tertiary/aromatic N) is 1. The summed E-state index contributed by atoms with van der Waals surface area (Å²) in [5, 5.41) is 0. The van der Waals surface area contributed by atoms with Gasteiger partial charge in [-0.3, -0.25) is 0 Å². The number of hydrogen-bond donors (Lipinski definition) is 0. The number of allylic oxidation sites excluding steroid dienone is 3. The lowest BCUT2D eigenvalue weighted by Gasteiger charge is -2.27. The van der Waals surface area contributed by atoms with Crippen LogP contribution in [-0.2, 0) is 10.0 Å². The molecule has 1 saturated heterocycles. The minimum Gasteiger partial charge on any atom is -0.211 e. The van der Waals surface area contributed by atoms with Crippen LogP contribution in [0.15, 0.2) is 85.0 Å². The van der Waals surface area contributed by atoms with E-state index in [0.29, 0.717) is 6.42 Å². The predicted molar refractivity (Wildman–Crippen MR) is 100 cm³/mol. The quantitative estimate of drug-likeness (QED) is 0.766. The van der Waals surface area contributed by atoms with Gasteiger partial charge in [0.1, 0.15) is 4.75 Å². The first-order valence-corrected chi connectivity index (χ1v) is 9.96. The van der Waals surface area contributed by atoms with Gasteiger partial charge in [-0.1, -0.05) is 85.0 Å². The van der Waals surface area contributed by atoms with Gasteiger partial charge in [0.2, 0.25) is 10.0 Å². The third-order valence-electron chi connectivity index (χ3n) is 5.13. The highest BCUT2D eigenvalue weighted by molar-refractivity contribution is 7.91. The zero-order valence-electron chi connectivity index (χ0n) is 14.1. The molecule has 2 aromatic carbocycles. The van der Waals surface area contributed by atoms with Crippen molar-refractivity contribution in [2.24, 2.45) is 0 Å². The van der Waals surface area contributed by atoms with E-state index in [1.54, 1.807) is 4.31 Å². The Bertz CT molecular complexity index is 873. The molecule has 0 amide bonds. The molecule has 1 heterocycles. The van der Waals surface area contributed by atoms with Crippen molar-refractivity contribution < 1.29 is 8.42 Å². The summed E-state index contributed by atoms with van der Waals surface area (Å²) in [6, 6.07) is 19.5. The SMILES string of the molecule is CC1(S(=O)(=O)N2C(c3ccccc3)C2c2ccccc2)C=CC=CC1.